The van der Waals surface area contributed by atoms with Gasteiger partial charge in [-0.2, -0.15) is 0 Å². The van der Waals surface area contributed by atoms with E-state index in [1.54, 1.807) is 17.0 Å². The highest BCUT2D eigenvalue weighted by atomic mass is 16.2. The minimum atomic E-state index is -0.449. The van der Waals surface area contributed by atoms with Crippen LogP contribution in [0.2, 0.25) is 0 Å². The summed E-state index contributed by atoms with van der Waals surface area (Å²) in [6.07, 6.45) is 2.82. The number of hydrogen-bond donors (Lipinski definition) is 2. The molecule has 0 saturated carbocycles. The number of primary amides is 1. The summed E-state index contributed by atoms with van der Waals surface area (Å²) < 4.78 is 0. The van der Waals surface area contributed by atoms with Gasteiger partial charge < -0.3 is 16.4 Å². The molecule has 1 aromatic carbocycles. The Morgan fingerprint density at radius 3 is 2.53 bits per heavy atom. The average Bonchev–Trinajstić information content (AvgIpc) is 2.41. The molecule has 0 radical (unpaired) electrons. The van der Waals surface area contributed by atoms with Crippen LogP contribution < -0.4 is 11.5 Å². The lowest BCUT2D eigenvalue weighted by atomic mass is 10.0. The highest BCUT2D eigenvalue weighted by Gasteiger charge is 2.30. The molecule has 0 aromatic heterocycles. The van der Waals surface area contributed by atoms with Gasteiger partial charge in [0, 0.05) is 12.2 Å². The van der Waals surface area contributed by atoms with Gasteiger partial charge in [0.1, 0.15) is 6.04 Å². The first kappa shape index (κ1) is 13.4. The Labute approximate surface area is 112 Å². The molecular weight excluding hydrogens is 242 g/mol. The SMILES string of the molecule is NC(=O)C1CCCCN1C(=O)Cc1ccc(N)cc1. The molecule has 4 N–H and O–H groups in total. The van der Waals surface area contributed by atoms with Gasteiger partial charge in [0.15, 0.2) is 0 Å². The van der Waals surface area contributed by atoms with Crippen LogP contribution in [-0.2, 0) is 16.0 Å². The summed E-state index contributed by atoms with van der Waals surface area (Å²) in [5.74, 6) is -0.460. The average molecular weight is 261 g/mol. The van der Waals surface area contributed by atoms with Gasteiger partial charge in [-0.15, -0.1) is 0 Å². The molecule has 1 atom stereocenters. The fourth-order valence-electron chi connectivity index (χ4n) is 2.44. The van der Waals surface area contributed by atoms with Crippen LogP contribution in [-0.4, -0.2) is 29.3 Å². The third kappa shape index (κ3) is 3.24. The predicted octanol–water partition coefficient (Wildman–Crippen LogP) is 0.678. The first-order valence-electron chi connectivity index (χ1n) is 6.51. The van der Waals surface area contributed by atoms with Crippen molar-refractivity contribution in [3.8, 4) is 0 Å². The van der Waals surface area contributed by atoms with Crippen molar-refractivity contribution in [3.63, 3.8) is 0 Å². The zero-order valence-electron chi connectivity index (χ0n) is 10.8. The summed E-state index contributed by atoms with van der Waals surface area (Å²) in [6.45, 7) is 0.613. The van der Waals surface area contributed by atoms with Gasteiger partial charge in [0.2, 0.25) is 11.8 Å². The van der Waals surface area contributed by atoms with E-state index in [9.17, 15) is 9.59 Å². The Hall–Kier alpha value is -2.04. The number of benzene rings is 1. The molecular formula is C14H19N3O2. The summed E-state index contributed by atoms with van der Waals surface area (Å²) in [4.78, 5) is 25.2. The third-order valence-corrected chi connectivity index (χ3v) is 3.49. The Kier molecular flexibility index (Phi) is 4.04. The molecule has 2 rings (SSSR count). The molecule has 5 nitrogen and oxygen atoms in total. The number of anilines is 1. The van der Waals surface area contributed by atoms with Crippen LogP contribution >= 0.6 is 0 Å². The molecule has 1 saturated heterocycles. The zero-order valence-corrected chi connectivity index (χ0v) is 10.8. The number of nitrogens with two attached hydrogens (primary N) is 2. The Balaban J connectivity index is 2.05. The summed E-state index contributed by atoms with van der Waals surface area (Å²) in [5, 5.41) is 0. The maximum atomic E-state index is 12.3. The second kappa shape index (κ2) is 5.73. The van der Waals surface area contributed by atoms with E-state index < -0.39 is 11.9 Å². The van der Waals surface area contributed by atoms with E-state index in [4.69, 9.17) is 11.5 Å². The molecule has 1 aromatic rings. The van der Waals surface area contributed by atoms with E-state index in [1.807, 2.05) is 12.1 Å². The van der Waals surface area contributed by atoms with Gasteiger partial charge in [0.05, 0.1) is 6.42 Å². The second-order valence-electron chi connectivity index (χ2n) is 4.92. The number of piperidine rings is 1. The standard InChI is InChI=1S/C14H19N3O2/c15-11-6-4-10(5-7-11)9-13(18)17-8-2-1-3-12(17)14(16)19/h4-7,12H,1-3,8-9,15H2,(H2,16,19). The van der Waals surface area contributed by atoms with E-state index in [-0.39, 0.29) is 12.3 Å². The lowest BCUT2D eigenvalue weighted by Gasteiger charge is -2.33. The maximum Gasteiger partial charge on any atom is 0.240 e. The van der Waals surface area contributed by atoms with E-state index >= 15 is 0 Å². The Bertz CT molecular complexity index is 470. The second-order valence-corrected chi connectivity index (χ2v) is 4.92. The van der Waals surface area contributed by atoms with Gasteiger partial charge in [0.25, 0.3) is 0 Å². The number of carbonyl (C=O) groups is 2. The third-order valence-electron chi connectivity index (χ3n) is 3.49. The summed E-state index contributed by atoms with van der Waals surface area (Å²) in [5.41, 5.74) is 12.5. The molecule has 2 amide bonds. The largest absolute Gasteiger partial charge is 0.399 e. The van der Waals surface area contributed by atoms with Crippen LogP contribution in [0.5, 0.6) is 0 Å². The molecule has 0 aliphatic carbocycles. The first-order chi connectivity index (χ1) is 9.08. The van der Waals surface area contributed by atoms with Crippen LogP contribution in [0.1, 0.15) is 24.8 Å². The summed E-state index contributed by atoms with van der Waals surface area (Å²) >= 11 is 0. The van der Waals surface area contributed by atoms with Gasteiger partial charge >= 0.3 is 0 Å². The normalized spacial score (nSPS) is 19.2. The van der Waals surface area contributed by atoms with Crippen LogP contribution in [0.3, 0.4) is 0 Å². The monoisotopic (exact) mass is 261 g/mol. The number of nitrogens with zero attached hydrogens (tertiary/aromatic N) is 1. The van der Waals surface area contributed by atoms with Gasteiger partial charge in [-0.25, -0.2) is 0 Å². The predicted molar refractivity (Wildman–Crippen MR) is 73.1 cm³/mol. The molecule has 1 heterocycles. The molecule has 19 heavy (non-hydrogen) atoms. The topological polar surface area (TPSA) is 89.4 Å². The molecule has 1 unspecified atom stereocenters. The molecule has 102 valence electrons. The quantitative estimate of drug-likeness (QED) is 0.784. The fourth-order valence-corrected chi connectivity index (χ4v) is 2.44. The van der Waals surface area contributed by atoms with Crippen molar-refractivity contribution >= 4 is 17.5 Å². The molecule has 0 bridgehead atoms. The van der Waals surface area contributed by atoms with Crippen LogP contribution in [0, 0.1) is 0 Å². The maximum absolute atomic E-state index is 12.3. The van der Waals surface area contributed by atoms with Gasteiger partial charge in [-0.3, -0.25) is 9.59 Å². The van der Waals surface area contributed by atoms with Crippen molar-refractivity contribution in [2.75, 3.05) is 12.3 Å². The number of rotatable bonds is 3. The summed E-state index contributed by atoms with van der Waals surface area (Å²) in [6, 6.07) is 6.75. The Morgan fingerprint density at radius 1 is 1.21 bits per heavy atom. The highest BCUT2D eigenvalue weighted by molar-refractivity contribution is 5.87. The van der Waals surface area contributed by atoms with E-state index in [1.165, 1.54) is 0 Å². The lowest BCUT2D eigenvalue weighted by Crippen LogP contribution is -2.50. The number of likely N-dealkylation sites (tertiary alicyclic amines) is 1. The van der Waals surface area contributed by atoms with Crippen LogP contribution in [0.25, 0.3) is 0 Å². The van der Waals surface area contributed by atoms with Crippen molar-refractivity contribution in [2.24, 2.45) is 5.73 Å². The minimum Gasteiger partial charge on any atom is -0.399 e. The van der Waals surface area contributed by atoms with Gasteiger partial charge in [-0.1, -0.05) is 12.1 Å². The number of carbonyl (C=O) groups excluding carboxylic acids is 2. The molecule has 1 aliphatic heterocycles. The molecule has 1 fully saturated rings. The van der Waals surface area contributed by atoms with Crippen LogP contribution in [0.4, 0.5) is 5.69 Å². The van der Waals surface area contributed by atoms with Gasteiger partial charge in [-0.05, 0) is 37.0 Å². The number of amides is 2. The zero-order chi connectivity index (χ0) is 13.8. The molecule has 5 heteroatoms. The van der Waals surface area contributed by atoms with Crippen molar-refractivity contribution in [1.82, 2.24) is 4.90 Å². The highest BCUT2D eigenvalue weighted by Crippen LogP contribution is 2.18. The molecule has 1 aliphatic rings. The van der Waals surface area contributed by atoms with E-state index in [0.717, 1.165) is 18.4 Å². The lowest BCUT2D eigenvalue weighted by molar-refractivity contribution is -0.140. The Morgan fingerprint density at radius 2 is 1.89 bits per heavy atom. The summed E-state index contributed by atoms with van der Waals surface area (Å²) in [7, 11) is 0. The van der Waals surface area contributed by atoms with E-state index in [2.05, 4.69) is 0 Å². The molecule has 0 spiro atoms. The van der Waals surface area contributed by atoms with Crippen molar-refractivity contribution < 1.29 is 9.59 Å². The smallest absolute Gasteiger partial charge is 0.240 e. The number of hydrogen-bond acceptors (Lipinski definition) is 3. The van der Waals surface area contributed by atoms with E-state index in [0.29, 0.717) is 18.7 Å². The fraction of sp³-hybridized carbons (Fsp3) is 0.429. The first-order valence-corrected chi connectivity index (χ1v) is 6.51. The van der Waals surface area contributed by atoms with Crippen LogP contribution in [0.15, 0.2) is 24.3 Å². The minimum absolute atomic E-state index is 0.0479. The number of nitrogen functional groups attached to an aromatic ring is 1. The van der Waals surface area contributed by atoms with Crippen molar-refractivity contribution in [1.29, 1.82) is 0 Å². The van der Waals surface area contributed by atoms with Crippen molar-refractivity contribution in [3.05, 3.63) is 29.8 Å². The van der Waals surface area contributed by atoms with Crippen molar-refractivity contribution in [2.45, 2.75) is 31.7 Å².